The molecule has 5 heteroatoms. The van der Waals surface area contributed by atoms with E-state index < -0.39 is 0 Å². The van der Waals surface area contributed by atoms with Gasteiger partial charge in [-0.05, 0) is 34.5 Å². The van der Waals surface area contributed by atoms with Crippen LogP contribution in [0.2, 0.25) is 0 Å². The van der Waals surface area contributed by atoms with Crippen molar-refractivity contribution in [1.29, 1.82) is 0 Å². The molecule has 0 unspecified atom stereocenters. The maximum absolute atomic E-state index is 13.4. The molecular weight excluding hydrogens is 355 g/mol. The number of phenolic OH excluding ortho intramolecular Hbond substituents is 1. The molecule has 0 aliphatic carbocycles. The van der Waals surface area contributed by atoms with Crippen LogP contribution >= 0.6 is 0 Å². The first-order chi connectivity index (χ1) is 13.6. The van der Waals surface area contributed by atoms with Gasteiger partial charge in [-0.25, -0.2) is 4.39 Å². The van der Waals surface area contributed by atoms with E-state index in [1.807, 2.05) is 36.4 Å². The van der Waals surface area contributed by atoms with Crippen molar-refractivity contribution in [3.63, 3.8) is 0 Å². The molecule has 0 radical (unpaired) electrons. The Kier molecular flexibility index (Phi) is 5.26. The molecule has 144 valence electrons. The minimum atomic E-state index is -0.284. The lowest BCUT2D eigenvalue weighted by Gasteiger charge is -2.23. The first-order valence-electron chi connectivity index (χ1n) is 9.54. The number of amides is 1. The summed E-state index contributed by atoms with van der Waals surface area (Å²) in [7, 11) is 0. The number of carbonyl (C=O) groups excluding carboxylic acids is 1. The van der Waals surface area contributed by atoms with Crippen molar-refractivity contribution in [1.82, 2.24) is 9.80 Å². The van der Waals surface area contributed by atoms with E-state index in [0.717, 1.165) is 21.9 Å². The molecule has 4 nitrogen and oxygen atoms in total. The number of hydrogen-bond donors (Lipinski definition) is 1. The number of nitrogens with zero attached hydrogens (tertiary/aromatic N) is 2. The van der Waals surface area contributed by atoms with Crippen molar-refractivity contribution in [2.45, 2.75) is 19.5 Å². The lowest BCUT2D eigenvalue weighted by Crippen LogP contribution is -2.32. The zero-order valence-electron chi connectivity index (χ0n) is 15.6. The molecule has 0 spiro atoms. The number of rotatable bonds is 4. The number of fused-ring (bicyclic) bond motifs is 1. The van der Waals surface area contributed by atoms with Gasteiger partial charge in [-0.15, -0.1) is 0 Å². The molecule has 0 saturated carbocycles. The van der Waals surface area contributed by atoms with Crippen LogP contribution in [0.3, 0.4) is 0 Å². The highest BCUT2D eigenvalue weighted by Gasteiger charge is 2.22. The van der Waals surface area contributed by atoms with Crippen molar-refractivity contribution < 1.29 is 14.3 Å². The van der Waals surface area contributed by atoms with E-state index in [1.54, 1.807) is 17.0 Å². The molecule has 4 rings (SSSR count). The van der Waals surface area contributed by atoms with Gasteiger partial charge in [0.15, 0.2) is 0 Å². The average molecular weight is 378 g/mol. The minimum absolute atomic E-state index is 0.0777. The van der Waals surface area contributed by atoms with Gasteiger partial charge in [0.1, 0.15) is 11.6 Å². The van der Waals surface area contributed by atoms with Crippen LogP contribution in [-0.2, 0) is 17.9 Å². The van der Waals surface area contributed by atoms with Crippen LogP contribution in [0.5, 0.6) is 5.75 Å². The third-order valence-corrected chi connectivity index (χ3v) is 5.34. The summed E-state index contributed by atoms with van der Waals surface area (Å²) in [5.41, 5.74) is 1.69. The Morgan fingerprint density at radius 3 is 2.64 bits per heavy atom. The number of benzene rings is 3. The summed E-state index contributed by atoms with van der Waals surface area (Å²) in [6.45, 7) is 2.95. The molecule has 1 N–H and O–H groups in total. The van der Waals surface area contributed by atoms with Crippen LogP contribution < -0.4 is 0 Å². The highest BCUT2D eigenvalue weighted by Crippen LogP contribution is 2.28. The molecule has 1 amide bonds. The summed E-state index contributed by atoms with van der Waals surface area (Å²) >= 11 is 0. The van der Waals surface area contributed by atoms with Gasteiger partial charge in [0.25, 0.3) is 0 Å². The number of carbonyl (C=O) groups is 1. The zero-order valence-corrected chi connectivity index (χ0v) is 15.6. The van der Waals surface area contributed by atoms with E-state index in [-0.39, 0.29) is 17.5 Å². The molecule has 1 heterocycles. The highest BCUT2D eigenvalue weighted by atomic mass is 19.1. The Bertz CT molecular complexity index is 1000. The Balaban J connectivity index is 1.48. The topological polar surface area (TPSA) is 43.8 Å². The Morgan fingerprint density at radius 2 is 1.79 bits per heavy atom. The van der Waals surface area contributed by atoms with Gasteiger partial charge in [-0.1, -0.05) is 42.5 Å². The fourth-order valence-electron chi connectivity index (χ4n) is 3.81. The largest absolute Gasteiger partial charge is 0.508 e. The van der Waals surface area contributed by atoms with E-state index in [4.69, 9.17) is 0 Å². The van der Waals surface area contributed by atoms with Crippen LogP contribution in [0.15, 0.2) is 60.7 Å². The monoisotopic (exact) mass is 378 g/mol. The van der Waals surface area contributed by atoms with Crippen molar-refractivity contribution in [2.24, 2.45) is 0 Å². The van der Waals surface area contributed by atoms with Crippen molar-refractivity contribution >= 4 is 16.7 Å². The molecule has 1 aliphatic heterocycles. The Morgan fingerprint density at radius 1 is 0.929 bits per heavy atom. The first-order valence-corrected chi connectivity index (χ1v) is 9.54. The molecule has 1 saturated heterocycles. The van der Waals surface area contributed by atoms with E-state index in [2.05, 4.69) is 4.90 Å². The number of phenols is 1. The Labute approximate surface area is 163 Å². The van der Waals surface area contributed by atoms with Crippen molar-refractivity contribution in [3.8, 4) is 5.75 Å². The quantitative estimate of drug-likeness (QED) is 0.748. The van der Waals surface area contributed by atoms with Crippen LogP contribution in [0.25, 0.3) is 10.8 Å². The fraction of sp³-hybridized carbons (Fsp3) is 0.261. The average Bonchev–Trinajstić information content (AvgIpc) is 2.86. The predicted molar refractivity (Wildman–Crippen MR) is 107 cm³/mol. The summed E-state index contributed by atoms with van der Waals surface area (Å²) < 4.78 is 13.4. The van der Waals surface area contributed by atoms with Gasteiger partial charge in [0, 0.05) is 44.7 Å². The lowest BCUT2D eigenvalue weighted by atomic mass is 10.0. The number of halogens is 1. The molecule has 0 aromatic heterocycles. The van der Waals surface area contributed by atoms with E-state index in [9.17, 15) is 14.3 Å². The van der Waals surface area contributed by atoms with Crippen molar-refractivity contribution in [3.05, 3.63) is 77.6 Å². The summed E-state index contributed by atoms with van der Waals surface area (Å²) in [5.74, 6) is 0.0765. The lowest BCUT2D eigenvalue weighted by molar-refractivity contribution is -0.130. The molecule has 0 bridgehead atoms. The number of hydrogen-bond acceptors (Lipinski definition) is 3. The normalized spacial score (nSPS) is 15.8. The second kappa shape index (κ2) is 7.98. The predicted octanol–water partition coefficient (Wildman–Crippen LogP) is 3.92. The molecule has 28 heavy (non-hydrogen) atoms. The van der Waals surface area contributed by atoms with Gasteiger partial charge >= 0.3 is 0 Å². The highest BCUT2D eigenvalue weighted by molar-refractivity contribution is 5.87. The molecular formula is C23H23FN2O2. The summed E-state index contributed by atoms with van der Waals surface area (Å²) in [6.07, 6.45) is 0.418. The summed E-state index contributed by atoms with van der Waals surface area (Å²) in [5, 5.41) is 12.5. The third kappa shape index (κ3) is 3.99. The summed E-state index contributed by atoms with van der Waals surface area (Å²) in [6, 6.07) is 18.0. The molecule has 0 atom stereocenters. The van der Waals surface area contributed by atoms with E-state index in [1.165, 1.54) is 12.1 Å². The maximum Gasteiger partial charge on any atom is 0.224 e. The second-order valence-electron chi connectivity index (χ2n) is 7.26. The van der Waals surface area contributed by atoms with Gasteiger partial charge in [-0.3, -0.25) is 9.69 Å². The molecule has 3 aromatic rings. The van der Waals surface area contributed by atoms with Gasteiger partial charge in [0.2, 0.25) is 5.91 Å². The van der Waals surface area contributed by atoms with Crippen LogP contribution in [0.4, 0.5) is 4.39 Å². The van der Waals surface area contributed by atoms with Crippen LogP contribution in [-0.4, -0.2) is 40.4 Å². The zero-order chi connectivity index (χ0) is 19.5. The van der Waals surface area contributed by atoms with Gasteiger partial charge in [-0.2, -0.15) is 0 Å². The fourth-order valence-corrected chi connectivity index (χ4v) is 3.81. The van der Waals surface area contributed by atoms with Crippen LogP contribution in [0, 0.1) is 5.82 Å². The van der Waals surface area contributed by atoms with E-state index >= 15 is 0 Å². The molecule has 1 fully saturated rings. The second-order valence-corrected chi connectivity index (χ2v) is 7.26. The van der Waals surface area contributed by atoms with Gasteiger partial charge < -0.3 is 10.0 Å². The molecule has 3 aromatic carbocycles. The standard InChI is InChI=1S/C23H23FN2O2/c24-19-6-3-4-17(14-19)15-26-13-12-25(11-10-23(26)28)16-21-20-7-2-1-5-18(20)8-9-22(21)27/h1-9,14,27H,10-13,15-16H2. The SMILES string of the molecule is O=C1CCN(Cc2c(O)ccc3ccccc23)CCN1Cc1cccc(F)c1. The maximum atomic E-state index is 13.4. The Hall–Kier alpha value is -2.92. The third-order valence-electron chi connectivity index (χ3n) is 5.34. The summed E-state index contributed by atoms with van der Waals surface area (Å²) in [4.78, 5) is 16.5. The van der Waals surface area contributed by atoms with Crippen molar-refractivity contribution in [2.75, 3.05) is 19.6 Å². The van der Waals surface area contributed by atoms with Gasteiger partial charge in [0.05, 0.1) is 0 Å². The smallest absolute Gasteiger partial charge is 0.224 e. The first kappa shape index (κ1) is 18.4. The van der Waals surface area contributed by atoms with E-state index in [0.29, 0.717) is 39.1 Å². The van der Waals surface area contributed by atoms with Crippen LogP contribution in [0.1, 0.15) is 17.5 Å². The number of aromatic hydroxyl groups is 1. The molecule has 1 aliphatic rings. The minimum Gasteiger partial charge on any atom is -0.508 e.